The van der Waals surface area contributed by atoms with Crippen LogP contribution in [0.3, 0.4) is 0 Å². The summed E-state index contributed by atoms with van der Waals surface area (Å²) in [6.45, 7) is 0. The van der Waals surface area contributed by atoms with E-state index < -0.39 is 0 Å². The van der Waals surface area contributed by atoms with Gasteiger partial charge in [0.2, 0.25) is 0 Å². The lowest BCUT2D eigenvalue weighted by molar-refractivity contribution is 1.22. The molecule has 0 saturated heterocycles. The minimum atomic E-state index is 0.447. The smallest absolute Gasteiger partial charge is 0.194 e. The molecule has 0 radical (unpaired) electrons. The molecule has 2 aromatic rings. The topological polar surface area (TPSA) is 38.7 Å². The summed E-state index contributed by atoms with van der Waals surface area (Å²) in [5, 5.41) is 0.941. The molecule has 0 N–H and O–H groups in total. The van der Waals surface area contributed by atoms with Crippen LogP contribution >= 0.6 is 50.7 Å². The van der Waals surface area contributed by atoms with E-state index in [9.17, 15) is 0 Å². The van der Waals surface area contributed by atoms with E-state index in [1.807, 2.05) is 0 Å². The molecule has 2 rings (SSSR count). The SMILES string of the molecule is Clc1cnc(-c2nsc(Br)n2)c(Cl)c1. The Morgan fingerprint density at radius 3 is 2.71 bits per heavy atom. The minimum absolute atomic E-state index is 0.447. The molecular formula is C7H2BrCl2N3S. The second-order valence-corrected chi connectivity index (χ2v) is 5.23. The number of nitrogens with zero attached hydrogens (tertiary/aromatic N) is 3. The van der Waals surface area contributed by atoms with Crippen LogP contribution in [0.25, 0.3) is 11.5 Å². The number of aromatic nitrogens is 3. The summed E-state index contributed by atoms with van der Waals surface area (Å²) in [5.74, 6) is 0.503. The molecule has 0 atom stereocenters. The van der Waals surface area contributed by atoms with Gasteiger partial charge in [-0.15, -0.1) is 0 Å². The Morgan fingerprint density at radius 2 is 2.14 bits per heavy atom. The first-order valence-electron chi connectivity index (χ1n) is 3.47. The van der Waals surface area contributed by atoms with Gasteiger partial charge < -0.3 is 0 Å². The van der Waals surface area contributed by atoms with Gasteiger partial charge in [-0.25, -0.2) is 9.97 Å². The number of hydrogen-bond donors (Lipinski definition) is 0. The molecule has 14 heavy (non-hydrogen) atoms. The molecule has 3 nitrogen and oxygen atoms in total. The summed E-state index contributed by atoms with van der Waals surface area (Å²) >= 11 is 16.1. The second kappa shape index (κ2) is 4.10. The molecule has 2 heterocycles. The molecule has 0 aliphatic heterocycles. The van der Waals surface area contributed by atoms with Gasteiger partial charge in [-0.2, -0.15) is 4.37 Å². The molecule has 72 valence electrons. The van der Waals surface area contributed by atoms with E-state index in [0.717, 1.165) is 0 Å². The van der Waals surface area contributed by atoms with Crippen molar-refractivity contribution in [1.29, 1.82) is 0 Å². The van der Waals surface area contributed by atoms with Crippen LogP contribution < -0.4 is 0 Å². The minimum Gasteiger partial charge on any atom is -0.250 e. The summed E-state index contributed by atoms with van der Waals surface area (Å²) in [7, 11) is 0. The Morgan fingerprint density at radius 1 is 1.36 bits per heavy atom. The zero-order valence-corrected chi connectivity index (χ0v) is 10.5. The molecule has 2 aromatic heterocycles. The third-order valence-electron chi connectivity index (χ3n) is 1.42. The number of pyridine rings is 1. The highest BCUT2D eigenvalue weighted by Gasteiger charge is 2.10. The van der Waals surface area contributed by atoms with E-state index in [4.69, 9.17) is 23.2 Å². The van der Waals surface area contributed by atoms with Gasteiger partial charge in [-0.3, -0.25) is 0 Å². The Hall–Kier alpha value is -0.230. The van der Waals surface area contributed by atoms with Gasteiger partial charge in [-0.05, 0) is 33.5 Å². The van der Waals surface area contributed by atoms with E-state index >= 15 is 0 Å². The summed E-state index contributed by atoms with van der Waals surface area (Å²) in [5.41, 5.74) is 0.540. The van der Waals surface area contributed by atoms with Crippen LogP contribution in [0.1, 0.15) is 0 Å². The molecule has 0 aromatic carbocycles. The zero-order chi connectivity index (χ0) is 10.1. The Balaban J connectivity index is 2.52. The van der Waals surface area contributed by atoms with Gasteiger partial charge in [-0.1, -0.05) is 23.2 Å². The van der Waals surface area contributed by atoms with E-state index in [1.165, 1.54) is 17.7 Å². The van der Waals surface area contributed by atoms with Crippen molar-refractivity contribution < 1.29 is 0 Å². The summed E-state index contributed by atoms with van der Waals surface area (Å²) in [4.78, 5) is 8.16. The van der Waals surface area contributed by atoms with E-state index in [-0.39, 0.29) is 0 Å². The molecule has 0 unspecified atom stereocenters. The second-order valence-electron chi connectivity index (χ2n) is 2.35. The maximum atomic E-state index is 5.94. The molecule has 0 fully saturated rings. The van der Waals surface area contributed by atoms with Crippen LogP contribution in [-0.2, 0) is 0 Å². The Labute approximate surface area is 102 Å². The predicted molar refractivity (Wildman–Crippen MR) is 60.9 cm³/mol. The highest BCUT2D eigenvalue weighted by atomic mass is 79.9. The Bertz CT molecular complexity index is 474. The third-order valence-corrected chi connectivity index (χ3v) is 3.03. The average Bonchev–Trinajstić information content (AvgIpc) is 2.51. The zero-order valence-electron chi connectivity index (χ0n) is 6.54. The van der Waals surface area contributed by atoms with Crippen molar-refractivity contribution >= 4 is 50.7 Å². The van der Waals surface area contributed by atoms with Gasteiger partial charge >= 0.3 is 0 Å². The normalized spacial score (nSPS) is 10.5. The molecule has 0 aliphatic rings. The van der Waals surface area contributed by atoms with Crippen LogP contribution in [0.2, 0.25) is 10.0 Å². The fraction of sp³-hybridized carbons (Fsp3) is 0. The van der Waals surface area contributed by atoms with Gasteiger partial charge in [0, 0.05) is 6.20 Å². The first-order valence-corrected chi connectivity index (χ1v) is 5.79. The molecule has 0 amide bonds. The molecule has 7 heteroatoms. The van der Waals surface area contributed by atoms with Gasteiger partial charge in [0.25, 0.3) is 0 Å². The fourth-order valence-corrected chi connectivity index (χ4v) is 2.15. The lowest BCUT2D eigenvalue weighted by Crippen LogP contribution is -1.86. The van der Waals surface area contributed by atoms with Crippen molar-refractivity contribution in [1.82, 2.24) is 14.3 Å². The van der Waals surface area contributed by atoms with Crippen LogP contribution in [0.15, 0.2) is 16.2 Å². The van der Waals surface area contributed by atoms with E-state index in [1.54, 1.807) is 6.07 Å². The first kappa shape index (κ1) is 10.3. The van der Waals surface area contributed by atoms with Gasteiger partial charge in [0.1, 0.15) is 5.69 Å². The lowest BCUT2D eigenvalue weighted by atomic mass is 10.3. The fourth-order valence-electron chi connectivity index (χ4n) is 0.880. The monoisotopic (exact) mass is 309 g/mol. The Kier molecular flexibility index (Phi) is 3.02. The molecular weight excluding hydrogens is 309 g/mol. The van der Waals surface area contributed by atoms with Crippen molar-refractivity contribution in [2.24, 2.45) is 0 Å². The summed E-state index contributed by atoms with van der Waals surface area (Å²) < 4.78 is 4.76. The van der Waals surface area contributed by atoms with Gasteiger partial charge in [0.15, 0.2) is 9.74 Å². The highest BCUT2D eigenvalue weighted by molar-refractivity contribution is 9.11. The molecule has 0 aliphatic carbocycles. The largest absolute Gasteiger partial charge is 0.250 e. The van der Waals surface area contributed by atoms with Crippen LogP contribution in [0.5, 0.6) is 0 Å². The van der Waals surface area contributed by atoms with Crippen molar-refractivity contribution in [3.63, 3.8) is 0 Å². The summed E-state index contributed by atoms with van der Waals surface area (Å²) in [6, 6.07) is 1.61. The number of rotatable bonds is 1. The van der Waals surface area contributed by atoms with Crippen LogP contribution in [0.4, 0.5) is 0 Å². The lowest BCUT2D eigenvalue weighted by Gasteiger charge is -1.97. The van der Waals surface area contributed by atoms with Crippen molar-refractivity contribution in [2.75, 3.05) is 0 Å². The van der Waals surface area contributed by atoms with Crippen molar-refractivity contribution in [3.8, 4) is 11.5 Å². The summed E-state index contributed by atoms with van der Waals surface area (Å²) in [6.07, 6.45) is 1.51. The predicted octanol–water partition coefficient (Wildman–Crippen LogP) is 3.67. The number of hydrogen-bond acceptors (Lipinski definition) is 4. The first-order chi connectivity index (χ1) is 6.66. The highest BCUT2D eigenvalue weighted by Crippen LogP contribution is 2.27. The van der Waals surface area contributed by atoms with E-state index in [2.05, 4.69) is 30.3 Å². The van der Waals surface area contributed by atoms with Crippen LogP contribution in [-0.4, -0.2) is 14.3 Å². The maximum absolute atomic E-state index is 5.94. The molecule has 0 spiro atoms. The quantitative estimate of drug-likeness (QED) is 0.806. The van der Waals surface area contributed by atoms with Crippen LogP contribution in [0, 0.1) is 0 Å². The van der Waals surface area contributed by atoms with E-state index in [0.29, 0.717) is 25.5 Å². The van der Waals surface area contributed by atoms with Crippen molar-refractivity contribution in [2.45, 2.75) is 0 Å². The average molecular weight is 311 g/mol. The molecule has 0 saturated carbocycles. The van der Waals surface area contributed by atoms with Gasteiger partial charge in [0.05, 0.1) is 10.0 Å². The molecule has 0 bridgehead atoms. The third kappa shape index (κ3) is 2.06. The standard InChI is InChI=1S/C7H2BrCl2N3S/c8-7-12-6(13-14-7)5-4(10)1-3(9)2-11-5/h1-2H. The maximum Gasteiger partial charge on any atom is 0.194 e. The number of halogens is 3. The van der Waals surface area contributed by atoms with Crippen molar-refractivity contribution in [3.05, 3.63) is 26.2 Å².